The molecule has 0 aliphatic carbocycles. The molecule has 0 amide bonds. The lowest BCUT2D eigenvalue weighted by Crippen LogP contribution is -2.28. The van der Waals surface area contributed by atoms with Gasteiger partial charge in [0.15, 0.2) is 5.96 Å². The lowest BCUT2D eigenvalue weighted by atomic mass is 9.98. The molecule has 0 heterocycles. The maximum absolute atomic E-state index is 7.93. The van der Waals surface area contributed by atoms with E-state index in [-0.39, 0.29) is 0 Å². The fourth-order valence-corrected chi connectivity index (χ4v) is 2.00. The second-order valence-electron chi connectivity index (χ2n) is 4.73. The van der Waals surface area contributed by atoms with E-state index in [0.29, 0.717) is 5.96 Å². The molecule has 2 N–H and O–H groups in total. The third-order valence-corrected chi connectivity index (χ3v) is 3.04. The first kappa shape index (κ1) is 13.1. The first-order valence-electron chi connectivity index (χ1n) is 6.27. The maximum atomic E-state index is 7.93. The van der Waals surface area contributed by atoms with Gasteiger partial charge < -0.3 is 10.2 Å². The SMILES string of the molecule is Cc1cccc(NC(=N)N(C)C)c1-c1ccccc1. The van der Waals surface area contributed by atoms with Crippen LogP contribution in [-0.2, 0) is 0 Å². The number of hydrogen-bond acceptors (Lipinski definition) is 1. The summed E-state index contributed by atoms with van der Waals surface area (Å²) in [6.07, 6.45) is 0. The van der Waals surface area contributed by atoms with Crippen molar-refractivity contribution in [2.24, 2.45) is 0 Å². The van der Waals surface area contributed by atoms with Crippen LogP contribution in [0.2, 0.25) is 0 Å². The fourth-order valence-electron chi connectivity index (χ4n) is 2.00. The molecule has 19 heavy (non-hydrogen) atoms. The number of aryl methyl sites for hydroxylation is 1. The van der Waals surface area contributed by atoms with Crippen LogP contribution in [0, 0.1) is 12.3 Å². The first-order chi connectivity index (χ1) is 9.09. The molecule has 0 atom stereocenters. The molecule has 2 rings (SSSR count). The monoisotopic (exact) mass is 253 g/mol. The van der Waals surface area contributed by atoms with E-state index in [1.807, 2.05) is 44.4 Å². The third-order valence-electron chi connectivity index (χ3n) is 3.04. The highest BCUT2D eigenvalue weighted by atomic mass is 15.2. The van der Waals surface area contributed by atoms with Gasteiger partial charge in [0.2, 0.25) is 0 Å². The van der Waals surface area contributed by atoms with Crippen LogP contribution in [0.1, 0.15) is 5.56 Å². The van der Waals surface area contributed by atoms with Crippen molar-refractivity contribution < 1.29 is 0 Å². The van der Waals surface area contributed by atoms with Gasteiger partial charge in [-0.3, -0.25) is 5.41 Å². The van der Waals surface area contributed by atoms with Gasteiger partial charge in [0.05, 0.1) is 0 Å². The molecule has 2 aromatic rings. The largest absolute Gasteiger partial charge is 0.349 e. The lowest BCUT2D eigenvalue weighted by molar-refractivity contribution is 0.616. The van der Waals surface area contributed by atoms with Crippen LogP contribution in [0.15, 0.2) is 48.5 Å². The second-order valence-corrected chi connectivity index (χ2v) is 4.73. The van der Waals surface area contributed by atoms with Crippen molar-refractivity contribution >= 4 is 11.6 Å². The molecule has 0 saturated carbocycles. The van der Waals surface area contributed by atoms with Gasteiger partial charge in [0.1, 0.15) is 0 Å². The van der Waals surface area contributed by atoms with E-state index in [4.69, 9.17) is 5.41 Å². The van der Waals surface area contributed by atoms with Gasteiger partial charge in [-0.05, 0) is 24.1 Å². The zero-order chi connectivity index (χ0) is 13.8. The van der Waals surface area contributed by atoms with Gasteiger partial charge in [-0.2, -0.15) is 0 Å². The molecule has 0 aliphatic rings. The number of guanidine groups is 1. The van der Waals surface area contributed by atoms with Crippen molar-refractivity contribution in [1.29, 1.82) is 5.41 Å². The fraction of sp³-hybridized carbons (Fsp3) is 0.188. The van der Waals surface area contributed by atoms with Crippen molar-refractivity contribution in [1.82, 2.24) is 4.90 Å². The van der Waals surface area contributed by atoms with E-state index < -0.39 is 0 Å². The Morgan fingerprint density at radius 1 is 1.00 bits per heavy atom. The van der Waals surface area contributed by atoms with Crippen LogP contribution in [0.5, 0.6) is 0 Å². The zero-order valence-electron chi connectivity index (χ0n) is 11.6. The van der Waals surface area contributed by atoms with Crippen molar-refractivity contribution in [2.75, 3.05) is 19.4 Å². The van der Waals surface area contributed by atoms with Crippen molar-refractivity contribution in [3.05, 3.63) is 54.1 Å². The van der Waals surface area contributed by atoms with E-state index >= 15 is 0 Å². The Morgan fingerprint density at radius 2 is 1.68 bits per heavy atom. The molecule has 0 saturated heterocycles. The van der Waals surface area contributed by atoms with Gasteiger partial charge in [-0.25, -0.2) is 0 Å². The van der Waals surface area contributed by atoms with Crippen LogP contribution in [0.3, 0.4) is 0 Å². The Kier molecular flexibility index (Phi) is 3.85. The summed E-state index contributed by atoms with van der Waals surface area (Å²) in [5, 5.41) is 11.1. The smallest absolute Gasteiger partial charge is 0.195 e. The van der Waals surface area contributed by atoms with Crippen LogP contribution in [-0.4, -0.2) is 25.0 Å². The van der Waals surface area contributed by atoms with Crippen LogP contribution in [0.4, 0.5) is 5.69 Å². The summed E-state index contributed by atoms with van der Waals surface area (Å²) in [5.41, 5.74) is 4.47. The predicted molar refractivity (Wildman–Crippen MR) is 81.7 cm³/mol. The predicted octanol–water partition coefficient (Wildman–Crippen LogP) is 3.57. The molecule has 0 unspecified atom stereocenters. The zero-order valence-corrected chi connectivity index (χ0v) is 11.6. The molecular formula is C16H19N3. The van der Waals surface area contributed by atoms with E-state index in [1.54, 1.807) is 4.90 Å². The molecule has 2 aromatic carbocycles. The lowest BCUT2D eigenvalue weighted by Gasteiger charge is -2.19. The molecule has 0 aromatic heterocycles. The highest BCUT2D eigenvalue weighted by Gasteiger charge is 2.09. The summed E-state index contributed by atoms with van der Waals surface area (Å²) in [6.45, 7) is 2.09. The van der Waals surface area contributed by atoms with Crippen molar-refractivity contribution in [3.63, 3.8) is 0 Å². The molecule has 3 heteroatoms. The number of hydrogen-bond donors (Lipinski definition) is 2. The van der Waals surface area contributed by atoms with Crippen molar-refractivity contribution in [2.45, 2.75) is 6.92 Å². The molecule has 0 bridgehead atoms. The summed E-state index contributed by atoms with van der Waals surface area (Å²) >= 11 is 0. The minimum absolute atomic E-state index is 0.378. The summed E-state index contributed by atoms with van der Waals surface area (Å²) < 4.78 is 0. The summed E-state index contributed by atoms with van der Waals surface area (Å²) in [7, 11) is 3.71. The number of anilines is 1. The molecule has 3 nitrogen and oxygen atoms in total. The Hall–Kier alpha value is -2.29. The average Bonchev–Trinajstić information content (AvgIpc) is 2.39. The molecule has 0 aliphatic heterocycles. The van der Waals surface area contributed by atoms with Gasteiger partial charge in [-0.15, -0.1) is 0 Å². The molecule has 0 fully saturated rings. The van der Waals surface area contributed by atoms with Crippen LogP contribution >= 0.6 is 0 Å². The number of nitrogens with one attached hydrogen (secondary N) is 2. The summed E-state index contributed by atoms with van der Waals surface area (Å²) in [5.74, 6) is 0.378. The van der Waals surface area contributed by atoms with E-state index in [1.165, 1.54) is 5.56 Å². The van der Waals surface area contributed by atoms with E-state index in [9.17, 15) is 0 Å². The molecule has 0 spiro atoms. The van der Waals surface area contributed by atoms with E-state index in [2.05, 4.69) is 30.4 Å². The highest BCUT2D eigenvalue weighted by molar-refractivity contribution is 5.96. The maximum Gasteiger partial charge on any atom is 0.195 e. The summed E-state index contributed by atoms with van der Waals surface area (Å²) in [6, 6.07) is 16.4. The first-order valence-corrected chi connectivity index (χ1v) is 6.27. The topological polar surface area (TPSA) is 39.1 Å². The molecule has 98 valence electrons. The average molecular weight is 253 g/mol. The third kappa shape index (κ3) is 2.94. The minimum atomic E-state index is 0.378. The summed E-state index contributed by atoms with van der Waals surface area (Å²) in [4.78, 5) is 1.75. The highest BCUT2D eigenvalue weighted by Crippen LogP contribution is 2.31. The standard InChI is InChI=1S/C16H19N3/c1-12-8-7-11-14(18-16(17)19(2)3)15(12)13-9-5-4-6-10-13/h4-11H,1-3H3,(H2,17,18). The minimum Gasteiger partial charge on any atom is -0.349 e. The van der Waals surface area contributed by atoms with Gasteiger partial charge in [0.25, 0.3) is 0 Å². The van der Waals surface area contributed by atoms with Crippen LogP contribution < -0.4 is 5.32 Å². The molecular weight excluding hydrogens is 234 g/mol. The van der Waals surface area contributed by atoms with Gasteiger partial charge >= 0.3 is 0 Å². The second kappa shape index (κ2) is 5.57. The van der Waals surface area contributed by atoms with E-state index in [0.717, 1.165) is 16.8 Å². The molecule has 0 radical (unpaired) electrons. The normalized spacial score (nSPS) is 10.1. The Morgan fingerprint density at radius 3 is 2.32 bits per heavy atom. The number of rotatable bonds is 2. The number of benzene rings is 2. The van der Waals surface area contributed by atoms with Gasteiger partial charge in [0, 0.05) is 25.3 Å². The Balaban J connectivity index is 2.45. The quantitative estimate of drug-likeness (QED) is 0.634. The Labute approximate surface area is 114 Å². The van der Waals surface area contributed by atoms with Gasteiger partial charge in [-0.1, -0.05) is 42.5 Å². The van der Waals surface area contributed by atoms with Crippen LogP contribution in [0.25, 0.3) is 11.1 Å². The van der Waals surface area contributed by atoms with Crippen molar-refractivity contribution in [3.8, 4) is 11.1 Å². The number of nitrogens with zero attached hydrogens (tertiary/aromatic N) is 1. The Bertz CT molecular complexity index is 574.